The van der Waals surface area contributed by atoms with Crippen LogP contribution >= 0.6 is 11.8 Å². The van der Waals surface area contributed by atoms with Crippen LogP contribution in [0.3, 0.4) is 0 Å². The summed E-state index contributed by atoms with van der Waals surface area (Å²) < 4.78 is 6.28. The normalized spacial score (nSPS) is 36.7. The Kier molecular flexibility index (Phi) is 8.93. The number of aliphatic hydroxyl groups is 1. The molecule has 8 atom stereocenters. The van der Waals surface area contributed by atoms with Crippen LogP contribution in [0.25, 0.3) is 0 Å². The number of thioether (sulfide) groups is 1. The molecule has 1 aromatic heterocycles. The number of likely N-dealkylation sites (N-methyl/N-ethyl adjacent to an activating group) is 1. The van der Waals surface area contributed by atoms with Crippen LogP contribution in [-0.2, 0) is 19.1 Å². The number of amides is 1. The van der Waals surface area contributed by atoms with Crippen LogP contribution in [0.1, 0.15) is 59.8 Å². The zero-order valence-corrected chi connectivity index (χ0v) is 25.9. The molecular formula is C30H45N5O5S. The van der Waals surface area contributed by atoms with Crippen LogP contribution < -0.4 is 11.1 Å². The van der Waals surface area contributed by atoms with Gasteiger partial charge >= 0.3 is 5.97 Å². The number of carbonyl (C=O) groups is 3. The van der Waals surface area contributed by atoms with E-state index in [1.807, 2.05) is 6.92 Å². The molecule has 0 aliphatic heterocycles. The van der Waals surface area contributed by atoms with Gasteiger partial charge in [-0.1, -0.05) is 45.5 Å². The molecule has 41 heavy (non-hydrogen) atoms. The molecule has 11 heteroatoms. The van der Waals surface area contributed by atoms with Crippen molar-refractivity contribution in [1.82, 2.24) is 14.9 Å². The van der Waals surface area contributed by atoms with Crippen molar-refractivity contribution in [3.63, 3.8) is 0 Å². The second-order valence-electron chi connectivity index (χ2n) is 13.1. The molecule has 1 aromatic rings. The van der Waals surface area contributed by atoms with Gasteiger partial charge in [0.05, 0.1) is 18.4 Å². The zero-order chi connectivity index (χ0) is 30.3. The predicted molar refractivity (Wildman–Crippen MR) is 159 cm³/mol. The number of aliphatic hydroxyl groups excluding tert-OH is 1. The Morgan fingerprint density at radius 3 is 2.66 bits per heavy atom. The predicted octanol–water partition coefficient (Wildman–Crippen LogP) is 3.56. The zero-order valence-electron chi connectivity index (χ0n) is 25.1. The summed E-state index contributed by atoms with van der Waals surface area (Å²) in [5, 5.41) is 14.6. The van der Waals surface area contributed by atoms with Crippen LogP contribution in [0.4, 0.5) is 11.6 Å². The number of hydrogen-bond acceptors (Lipinski definition) is 10. The van der Waals surface area contributed by atoms with Crippen molar-refractivity contribution in [2.45, 2.75) is 77.2 Å². The first kappa shape index (κ1) is 31.4. The number of Topliss-reactive ketones (excluding diaryl/α,β-unsaturated/α-hetero) is 1. The van der Waals surface area contributed by atoms with Crippen LogP contribution in [0.2, 0.25) is 0 Å². The van der Waals surface area contributed by atoms with E-state index in [2.05, 4.69) is 42.6 Å². The molecule has 0 spiro atoms. The van der Waals surface area contributed by atoms with Crippen molar-refractivity contribution >= 4 is 41.1 Å². The summed E-state index contributed by atoms with van der Waals surface area (Å²) in [5.74, 6) is -0.380. The molecule has 3 aliphatic rings. The lowest BCUT2D eigenvalue weighted by Gasteiger charge is -2.61. The summed E-state index contributed by atoms with van der Waals surface area (Å²) in [4.78, 5) is 49.4. The minimum atomic E-state index is -0.719. The average molecular weight is 588 g/mol. The maximum Gasteiger partial charge on any atom is 0.316 e. The van der Waals surface area contributed by atoms with Gasteiger partial charge in [0.1, 0.15) is 23.5 Å². The van der Waals surface area contributed by atoms with Gasteiger partial charge in [0.15, 0.2) is 5.16 Å². The van der Waals surface area contributed by atoms with Gasteiger partial charge in [-0.15, -0.1) is 6.58 Å². The van der Waals surface area contributed by atoms with Gasteiger partial charge in [-0.2, -0.15) is 0 Å². The number of esters is 1. The SMILES string of the molecule is C=C[C@]1(C)C[C@@H](OC(=O)CSc2nc(N)cc(NC(=O)CN(C)C)n2)[C@]2(C)[C@H](C)CC[C@]3(CCC(=O)[C@H]32)[C@@H](C)[C@@H]1O. The topological polar surface area (TPSA) is 148 Å². The van der Waals surface area contributed by atoms with E-state index in [1.54, 1.807) is 25.1 Å². The van der Waals surface area contributed by atoms with Crippen LogP contribution in [0.15, 0.2) is 23.9 Å². The highest BCUT2D eigenvalue weighted by molar-refractivity contribution is 7.99. The number of rotatable bonds is 8. The Hall–Kier alpha value is -2.50. The molecule has 0 unspecified atom stereocenters. The first-order chi connectivity index (χ1) is 19.2. The number of hydrogen-bond donors (Lipinski definition) is 3. The van der Waals surface area contributed by atoms with Crippen molar-refractivity contribution in [1.29, 1.82) is 0 Å². The largest absolute Gasteiger partial charge is 0.461 e. The molecule has 0 aromatic carbocycles. The Labute approximate surface area is 247 Å². The Morgan fingerprint density at radius 2 is 2.00 bits per heavy atom. The van der Waals surface area contributed by atoms with Gasteiger partial charge in [0.25, 0.3) is 0 Å². The lowest BCUT2D eigenvalue weighted by Crippen LogP contribution is -2.63. The van der Waals surface area contributed by atoms with Gasteiger partial charge < -0.3 is 25.8 Å². The van der Waals surface area contributed by atoms with E-state index in [1.165, 1.54) is 6.07 Å². The average Bonchev–Trinajstić information content (AvgIpc) is 3.25. The van der Waals surface area contributed by atoms with Gasteiger partial charge in [-0.3, -0.25) is 14.4 Å². The minimum absolute atomic E-state index is 0.0803. The molecule has 10 nitrogen and oxygen atoms in total. The first-order valence-electron chi connectivity index (χ1n) is 14.4. The third-order valence-corrected chi connectivity index (χ3v) is 11.2. The third-order valence-electron chi connectivity index (χ3n) is 10.3. The molecule has 2 bridgehead atoms. The second kappa shape index (κ2) is 11.6. The molecule has 1 heterocycles. The highest BCUT2D eigenvalue weighted by atomic mass is 32.2. The molecule has 4 N–H and O–H groups in total. The molecule has 3 aliphatic carbocycles. The molecule has 226 valence electrons. The number of anilines is 2. The fourth-order valence-electron chi connectivity index (χ4n) is 7.86. The minimum Gasteiger partial charge on any atom is -0.461 e. The number of carbonyl (C=O) groups excluding carboxylic acids is 3. The van der Waals surface area contributed by atoms with Crippen LogP contribution in [0.5, 0.6) is 0 Å². The molecular weight excluding hydrogens is 542 g/mol. The summed E-state index contributed by atoms with van der Waals surface area (Å²) in [6.07, 6.45) is 3.87. The monoisotopic (exact) mass is 587 g/mol. The molecule has 3 fully saturated rings. The molecule has 4 rings (SSSR count). The second-order valence-corrected chi connectivity index (χ2v) is 14.0. The van der Waals surface area contributed by atoms with E-state index in [0.29, 0.717) is 12.8 Å². The molecule has 0 saturated heterocycles. The third kappa shape index (κ3) is 5.77. The fraction of sp³-hybridized carbons (Fsp3) is 0.700. The summed E-state index contributed by atoms with van der Waals surface area (Å²) in [6, 6.07) is 1.46. The fourth-order valence-corrected chi connectivity index (χ4v) is 8.51. The Morgan fingerprint density at radius 1 is 1.29 bits per heavy atom. The van der Waals surface area contributed by atoms with Gasteiger partial charge in [-0.25, -0.2) is 9.97 Å². The first-order valence-corrected chi connectivity index (χ1v) is 15.4. The van der Waals surface area contributed by atoms with Gasteiger partial charge in [0.2, 0.25) is 5.91 Å². The summed E-state index contributed by atoms with van der Waals surface area (Å²) in [7, 11) is 3.57. The number of nitrogens with two attached hydrogens (primary N) is 1. The number of ether oxygens (including phenoxy) is 1. The van der Waals surface area contributed by atoms with E-state index < -0.39 is 29.0 Å². The quantitative estimate of drug-likeness (QED) is 0.178. The molecule has 3 saturated carbocycles. The van der Waals surface area contributed by atoms with Crippen LogP contribution in [-0.4, -0.2) is 76.2 Å². The number of nitrogens with one attached hydrogen (secondary N) is 1. The maximum atomic E-state index is 13.5. The van der Waals surface area contributed by atoms with Crippen molar-refractivity contribution < 1.29 is 24.2 Å². The van der Waals surface area contributed by atoms with E-state index in [0.717, 1.165) is 31.0 Å². The number of aromatic nitrogens is 2. The van der Waals surface area contributed by atoms with E-state index in [-0.39, 0.29) is 63.9 Å². The number of nitrogen functional groups attached to an aromatic ring is 1. The summed E-state index contributed by atoms with van der Waals surface area (Å²) >= 11 is 1.07. The smallest absolute Gasteiger partial charge is 0.316 e. The lowest BCUT2D eigenvalue weighted by molar-refractivity contribution is -0.205. The highest BCUT2D eigenvalue weighted by Crippen LogP contribution is 2.68. The standard InChI is InChI=1S/C30H45N5O5S/c1-8-28(4)14-20(29(5)17(2)9-11-30(18(3)26(28)39)12-10-19(36)25(29)30)40-24(38)16-41-27-32-21(31)13-22(34-27)33-23(37)15-35(6)7/h8,13,17-18,20,25-26,39H,1,9-12,14-16H2,2-7H3,(H3,31,32,33,34,37)/t17-,18+,20-,25+,26+,28-,29+,30+/m1/s1. The highest BCUT2D eigenvalue weighted by Gasteiger charge is 2.68. The summed E-state index contributed by atoms with van der Waals surface area (Å²) in [5.41, 5.74) is 4.33. The van der Waals surface area contributed by atoms with Crippen molar-refractivity contribution in [2.24, 2.45) is 34.0 Å². The van der Waals surface area contributed by atoms with E-state index in [4.69, 9.17) is 10.5 Å². The summed E-state index contributed by atoms with van der Waals surface area (Å²) in [6.45, 7) is 12.6. The Balaban J connectivity index is 1.58. The van der Waals surface area contributed by atoms with Crippen molar-refractivity contribution in [3.8, 4) is 0 Å². The number of ketones is 1. The van der Waals surface area contributed by atoms with Crippen LogP contribution in [0, 0.1) is 34.0 Å². The van der Waals surface area contributed by atoms with E-state index in [9.17, 15) is 19.5 Å². The Bertz CT molecular complexity index is 1210. The van der Waals surface area contributed by atoms with Gasteiger partial charge in [0, 0.05) is 29.2 Å². The van der Waals surface area contributed by atoms with E-state index >= 15 is 0 Å². The lowest BCUT2D eigenvalue weighted by atomic mass is 9.44. The molecule has 1 amide bonds. The van der Waals surface area contributed by atoms with Crippen molar-refractivity contribution in [2.75, 3.05) is 37.4 Å². The van der Waals surface area contributed by atoms with Crippen molar-refractivity contribution in [3.05, 3.63) is 18.7 Å². The maximum absolute atomic E-state index is 13.5. The van der Waals surface area contributed by atoms with Gasteiger partial charge in [-0.05, 0) is 57.0 Å². The molecule has 0 radical (unpaired) electrons. The number of nitrogens with zero attached hydrogens (tertiary/aromatic N) is 3.